The number of hydrogen-bond acceptors (Lipinski definition) is 3. The van der Waals surface area contributed by atoms with Crippen LogP contribution in [-0.4, -0.2) is 10.9 Å². The number of benzene rings is 2. The zero-order chi connectivity index (χ0) is 14.8. The van der Waals surface area contributed by atoms with Crippen LogP contribution in [0, 0.1) is 13.8 Å². The van der Waals surface area contributed by atoms with E-state index in [9.17, 15) is 4.79 Å². The van der Waals surface area contributed by atoms with Crippen LogP contribution in [0.15, 0.2) is 46.9 Å². The summed E-state index contributed by atoms with van der Waals surface area (Å²) in [6, 6.07) is 13.6. The summed E-state index contributed by atoms with van der Waals surface area (Å²) < 4.78 is 5.44. The number of aromatic nitrogens is 1. The molecule has 0 unspecified atom stereocenters. The number of aryl methyl sites for hydroxylation is 2. The minimum absolute atomic E-state index is 0.130. The van der Waals surface area contributed by atoms with E-state index in [1.165, 1.54) is 0 Å². The third-order valence-corrected chi connectivity index (χ3v) is 3.48. The SMILES string of the molecule is Cc1nc(CNC(=O)c2ccc3ccccc3c2)oc1C. The van der Waals surface area contributed by atoms with Gasteiger partial charge in [0, 0.05) is 5.56 Å². The molecule has 0 aliphatic rings. The molecule has 0 radical (unpaired) electrons. The number of rotatable bonds is 3. The molecule has 0 atom stereocenters. The molecule has 4 nitrogen and oxygen atoms in total. The Labute approximate surface area is 122 Å². The van der Waals surface area contributed by atoms with Crippen molar-refractivity contribution >= 4 is 16.7 Å². The molecule has 1 N–H and O–H groups in total. The summed E-state index contributed by atoms with van der Waals surface area (Å²) in [5.41, 5.74) is 1.48. The van der Waals surface area contributed by atoms with Gasteiger partial charge in [-0.15, -0.1) is 0 Å². The topological polar surface area (TPSA) is 55.1 Å². The van der Waals surface area contributed by atoms with Crippen LogP contribution in [0.4, 0.5) is 0 Å². The molecule has 0 fully saturated rings. The van der Waals surface area contributed by atoms with Gasteiger partial charge < -0.3 is 9.73 Å². The molecule has 0 aliphatic carbocycles. The Kier molecular flexibility index (Phi) is 3.44. The fraction of sp³-hybridized carbons (Fsp3) is 0.176. The van der Waals surface area contributed by atoms with Crippen molar-refractivity contribution < 1.29 is 9.21 Å². The first kappa shape index (κ1) is 13.4. The Bertz CT molecular complexity index is 786. The lowest BCUT2D eigenvalue weighted by Gasteiger charge is -2.04. The van der Waals surface area contributed by atoms with E-state index in [1.807, 2.05) is 56.3 Å². The van der Waals surface area contributed by atoms with Crippen molar-refractivity contribution in [2.75, 3.05) is 0 Å². The number of carbonyl (C=O) groups excluding carboxylic acids is 1. The van der Waals surface area contributed by atoms with Crippen molar-refractivity contribution in [3.63, 3.8) is 0 Å². The summed E-state index contributed by atoms with van der Waals surface area (Å²) in [5.74, 6) is 1.18. The average molecular weight is 280 g/mol. The second-order valence-corrected chi connectivity index (χ2v) is 4.99. The Hall–Kier alpha value is -2.62. The Balaban J connectivity index is 1.74. The molecule has 0 saturated carbocycles. The van der Waals surface area contributed by atoms with Gasteiger partial charge in [0.05, 0.1) is 12.2 Å². The number of nitrogens with zero attached hydrogens (tertiary/aromatic N) is 1. The standard InChI is InChI=1S/C17H16N2O2/c1-11-12(2)21-16(19-11)10-18-17(20)15-8-7-13-5-3-4-6-14(13)9-15/h3-9H,10H2,1-2H3,(H,18,20). The largest absolute Gasteiger partial charge is 0.444 e. The molecule has 0 spiro atoms. The minimum atomic E-state index is -0.130. The quantitative estimate of drug-likeness (QED) is 0.800. The van der Waals surface area contributed by atoms with E-state index in [1.54, 1.807) is 0 Å². The fourth-order valence-electron chi connectivity index (χ4n) is 2.20. The highest BCUT2D eigenvalue weighted by Crippen LogP contribution is 2.15. The minimum Gasteiger partial charge on any atom is -0.444 e. The summed E-state index contributed by atoms with van der Waals surface area (Å²) in [6.45, 7) is 4.03. The van der Waals surface area contributed by atoms with Gasteiger partial charge in [0.15, 0.2) is 0 Å². The van der Waals surface area contributed by atoms with Gasteiger partial charge in [-0.2, -0.15) is 0 Å². The first-order valence-corrected chi connectivity index (χ1v) is 6.83. The maximum Gasteiger partial charge on any atom is 0.251 e. The Morgan fingerprint density at radius 3 is 2.62 bits per heavy atom. The van der Waals surface area contributed by atoms with Gasteiger partial charge in [-0.1, -0.05) is 30.3 Å². The smallest absolute Gasteiger partial charge is 0.251 e. The summed E-state index contributed by atoms with van der Waals surface area (Å²) in [7, 11) is 0. The lowest BCUT2D eigenvalue weighted by molar-refractivity contribution is 0.0947. The molecule has 1 amide bonds. The first-order valence-electron chi connectivity index (χ1n) is 6.83. The third-order valence-electron chi connectivity index (χ3n) is 3.48. The van der Waals surface area contributed by atoms with Crippen LogP contribution in [0.1, 0.15) is 27.7 Å². The summed E-state index contributed by atoms with van der Waals surface area (Å²) in [4.78, 5) is 16.4. The highest BCUT2D eigenvalue weighted by molar-refractivity contribution is 5.98. The second-order valence-electron chi connectivity index (χ2n) is 4.99. The van der Waals surface area contributed by atoms with E-state index < -0.39 is 0 Å². The molecule has 3 aromatic rings. The molecule has 4 heteroatoms. The molecule has 1 aromatic heterocycles. The van der Waals surface area contributed by atoms with Gasteiger partial charge in [-0.25, -0.2) is 4.98 Å². The van der Waals surface area contributed by atoms with Crippen molar-refractivity contribution in [2.45, 2.75) is 20.4 Å². The monoisotopic (exact) mass is 280 g/mol. The zero-order valence-electron chi connectivity index (χ0n) is 12.0. The van der Waals surface area contributed by atoms with E-state index in [0.29, 0.717) is 18.0 Å². The van der Waals surface area contributed by atoms with Crippen LogP contribution < -0.4 is 5.32 Å². The van der Waals surface area contributed by atoms with E-state index in [4.69, 9.17) is 4.42 Å². The number of carbonyl (C=O) groups is 1. The maximum atomic E-state index is 12.2. The molecule has 0 aliphatic heterocycles. The Morgan fingerprint density at radius 1 is 1.14 bits per heavy atom. The molecule has 21 heavy (non-hydrogen) atoms. The van der Waals surface area contributed by atoms with Crippen molar-refractivity contribution in [2.24, 2.45) is 0 Å². The van der Waals surface area contributed by atoms with Crippen molar-refractivity contribution in [1.29, 1.82) is 0 Å². The number of amides is 1. The van der Waals surface area contributed by atoms with E-state index in [0.717, 1.165) is 22.2 Å². The van der Waals surface area contributed by atoms with Gasteiger partial charge in [-0.05, 0) is 36.8 Å². The van der Waals surface area contributed by atoms with Crippen molar-refractivity contribution in [1.82, 2.24) is 10.3 Å². The van der Waals surface area contributed by atoms with Gasteiger partial charge in [0.1, 0.15) is 5.76 Å². The normalized spacial score (nSPS) is 10.8. The average Bonchev–Trinajstić information content (AvgIpc) is 2.83. The van der Waals surface area contributed by atoms with Crippen LogP contribution in [-0.2, 0) is 6.54 Å². The van der Waals surface area contributed by atoms with Crippen LogP contribution >= 0.6 is 0 Å². The fourth-order valence-corrected chi connectivity index (χ4v) is 2.20. The van der Waals surface area contributed by atoms with Crippen molar-refractivity contribution in [3.05, 3.63) is 65.4 Å². The summed E-state index contributed by atoms with van der Waals surface area (Å²) >= 11 is 0. The predicted molar refractivity (Wildman–Crippen MR) is 81.1 cm³/mol. The van der Waals surface area contributed by atoms with E-state index in [-0.39, 0.29) is 5.91 Å². The molecule has 0 saturated heterocycles. The molecular formula is C17H16N2O2. The van der Waals surface area contributed by atoms with Gasteiger partial charge in [0.25, 0.3) is 5.91 Å². The molecule has 1 heterocycles. The number of fused-ring (bicyclic) bond motifs is 1. The van der Waals surface area contributed by atoms with Gasteiger partial charge >= 0.3 is 0 Å². The zero-order valence-corrected chi connectivity index (χ0v) is 12.0. The number of hydrogen-bond donors (Lipinski definition) is 1. The van der Waals surface area contributed by atoms with Crippen LogP contribution in [0.2, 0.25) is 0 Å². The summed E-state index contributed by atoms with van der Waals surface area (Å²) in [6.07, 6.45) is 0. The highest BCUT2D eigenvalue weighted by atomic mass is 16.4. The van der Waals surface area contributed by atoms with Gasteiger partial charge in [-0.3, -0.25) is 4.79 Å². The number of oxazole rings is 1. The van der Waals surface area contributed by atoms with Gasteiger partial charge in [0.2, 0.25) is 5.89 Å². The first-order chi connectivity index (χ1) is 10.1. The predicted octanol–water partition coefficient (Wildman–Crippen LogP) is 3.37. The molecule has 0 bridgehead atoms. The third kappa shape index (κ3) is 2.79. The molecule has 3 rings (SSSR count). The lowest BCUT2D eigenvalue weighted by Crippen LogP contribution is -2.22. The second kappa shape index (κ2) is 5.40. The van der Waals surface area contributed by atoms with E-state index in [2.05, 4.69) is 10.3 Å². The van der Waals surface area contributed by atoms with Crippen LogP contribution in [0.3, 0.4) is 0 Å². The summed E-state index contributed by atoms with van der Waals surface area (Å²) in [5, 5.41) is 4.99. The van der Waals surface area contributed by atoms with E-state index >= 15 is 0 Å². The van der Waals surface area contributed by atoms with Crippen LogP contribution in [0.25, 0.3) is 10.8 Å². The Morgan fingerprint density at radius 2 is 1.90 bits per heavy atom. The van der Waals surface area contributed by atoms with Crippen LogP contribution in [0.5, 0.6) is 0 Å². The lowest BCUT2D eigenvalue weighted by atomic mass is 10.1. The molecule has 106 valence electrons. The number of nitrogens with one attached hydrogen (secondary N) is 1. The highest BCUT2D eigenvalue weighted by Gasteiger charge is 2.09. The van der Waals surface area contributed by atoms with Crippen molar-refractivity contribution in [3.8, 4) is 0 Å². The maximum absolute atomic E-state index is 12.2. The molecule has 2 aromatic carbocycles. The molecular weight excluding hydrogens is 264 g/mol.